The molecule has 0 heterocycles. The Kier molecular flexibility index (Phi) is 50.1. The minimum absolute atomic E-state index is 0.0107. The van der Waals surface area contributed by atoms with E-state index < -0.39 is 12.1 Å². The van der Waals surface area contributed by atoms with E-state index in [0.717, 1.165) is 38.5 Å². The third-order valence-electron chi connectivity index (χ3n) is 12.8. The van der Waals surface area contributed by atoms with Gasteiger partial charge in [-0.05, 0) is 51.4 Å². The highest BCUT2D eigenvalue weighted by molar-refractivity contribution is 5.76. The zero-order chi connectivity index (χ0) is 44.4. The van der Waals surface area contributed by atoms with E-state index >= 15 is 0 Å². The topological polar surface area (TPSA) is 95.9 Å². The molecule has 0 saturated carbocycles. The largest absolute Gasteiger partial charge is 0.466 e. The second kappa shape index (κ2) is 51.2. The average molecular weight is 862 g/mol. The highest BCUT2D eigenvalue weighted by Crippen LogP contribution is 2.17. The number of rotatable bonds is 51. The summed E-state index contributed by atoms with van der Waals surface area (Å²) in [6.07, 6.45) is 59.2. The average Bonchev–Trinajstić information content (AvgIpc) is 3.26. The van der Waals surface area contributed by atoms with Crippen molar-refractivity contribution in [3.8, 4) is 0 Å². The van der Waals surface area contributed by atoms with Gasteiger partial charge in [0.25, 0.3) is 0 Å². The molecule has 0 aliphatic rings. The molecule has 2 unspecified atom stereocenters. The van der Waals surface area contributed by atoms with Gasteiger partial charge < -0.3 is 20.3 Å². The zero-order valence-electron chi connectivity index (χ0n) is 41.2. The van der Waals surface area contributed by atoms with Gasteiger partial charge in [0.2, 0.25) is 5.91 Å². The van der Waals surface area contributed by atoms with E-state index in [1.54, 1.807) is 0 Å². The highest BCUT2D eigenvalue weighted by Gasteiger charge is 2.20. The van der Waals surface area contributed by atoms with Crippen LogP contribution in [0.1, 0.15) is 303 Å². The molecule has 0 aromatic carbocycles. The van der Waals surface area contributed by atoms with Crippen molar-refractivity contribution in [2.75, 3.05) is 13.2 Å². The minimum atomic E-state index is -0.665. The van der Waals surface area contributed by atoms with Gasteiger partial charge in [0, 0.05) is 12.8 Å². The van der Waals surface area contributed by atoms with E-state index in [2.05, 4.69) is 31.3 Å². The molecule has 0 saturated heterocycles. The molecule has 6 heteroatoms. The third-order valence-corrected chi connectivity index (χ3v) is 12.8. The first-order valence-corrected chi connectivity index (χ1v) is 27.4. The molecule has 0 spiro atoms. The molecule has 0 aromatic heterocycles. The Morgan fingerprint density at radius 2 is 0.770 bits per heavy atom. The van der Waals surface area contributed by atoms with Gasteiger partial charge in [0.15, 0.2) is 0 Å². The van der Waals surface area contributed by atoms with Gasteiger partial charge >= 0.3 is 5.97 Å². The van der Waals surface area contributed by atoms with Crippen LogP contribution in [0.2, 0.25) is 0 Å². The van der Waals surface area contributed by atoms with Crippen molar-refractivity contribution in [1.82, 2.24) is 5.32 Å². The van der Waals surface area contributed by atoms with Crippen LogP contribution in [0.5, 0.6) is 0 Å². The van der Waals surface area contributed by atoms with Crippen LogP contribution in [0.25, 0.3) is 0 Å². The Morgan fingerprint density at radius 3 is 1.16 bits per heavy atom. The van der Waals surface area contributed by atoms with Crippen molar-refractivity contribution in [2.24, 2.45) is 0 Å². The fraction of sp³-hybridized carbons (Fsp3) is 0.927. The molecule has 362 valence electrons. The maximum absolute atomic E-state index is 12.4. The van der Waals surface area contributed by atoms with E-state index in [0.29, 0.717) is 25.9 Å². The summed E-state index contributed by atoms with van der Waals surface area (Å²) >= 11 is 0. The fourth-order valence-electron chi connectivity index (χ4n) is 8.58. The number of ether oxygens (including phenoxy) is 1. The van der Waals surface area contributed by atoms with Crippen molar-refractivity contribution < 1.29 is 24.5 Å². The number of allylic oxidation sites excluding steroid dienone is 2. The summed E-state index contributed by atoms with van der Waals surface area (Å²) in [6.45, 7) is 4.94. The Labute approximate surface area is 380 Å². The summed E-state index contributed by atoms with van der Waals surface area (Å²) in [5.74, 6) is -0.0323. The predicted octanol–water partition coefficient (Wildman–Crippen LogP) is 16.5. The molecule has 0 bridgehead atoms. The molecular formula is C55H107NO5. The number of hydrogen-bond donors (Lipinski definition) is 3. The van der Waals surface area contributed by atoms with Crippen molar-refractivity contribution >= 4 is 11.9 Å². The first-order valence-electron chi connectivity index (χ1n) is 27.4. The van der Waals surface area contributed by atoms with Gasteiger partial charge in [-0.25, -0.2) is 0 Å². The number of esters is 1. The SMILES string of the molecule is CCCCCCCCCCCCCCC(=O)OCCCCCCCCCCCCC/C=C\CCCCCCCCCC(=O)NC(CO)C(O)CCCCCCCCCCCC. The lowest BCUT2D eigenvalue weighted by atomic mass is 10.0. The summed E-state index contributed by atoms with van der Waals surface area (Å²) in [5, 5.41) is 23.1. The smallest absolute Gasteiger partial charge is 0.305 e. The standard InChI is InChI=1S/C55H107NO5/c1-3-5-7-9-11-13-15-29-33-37-41-45-49-55(60)61-50-46-42-38-34-30-27-25-23-21-19-17-16-18-20-22-24-26-28-32-36-40-44-48-54(59)56-52(51-57)53(58)47-43-39-35-31-14-12-10-8-6-4-2/h18,20,52-53,57-58H,3-17,19,21-51H2,1-2H3,(H,56,59)/b20-18-. The first kappa shape index (κ1) is 59.6. The summed E-state index contributed by atoms with van der Waals surface area (Å²) in [7, 11) is 0. The maximum Gasteiger partial charge on any atom is 0.305 e. The van der Waals surface area contributed by atoms with Crippen LogP contribution < -0.4 is 5.32 Å². The molecule has 3 N–H and O–H groups in total. The molecule has 0 fully saturated rings. The molecule has 0 radical (unpaired) electrons. The van der Waals surface area contributed by atoms with Crippen molar-refractivity contribution in [3.63, 3.8) is 0 Å². The van der Waals surface area contributed by atoms with Crippen molar-refractivity contribution in [2.45, 2.75) is 315 Å². The first-order chi connectivity index (χ1) is 30.0. The van der Waals surface area contributed by atoms with Crippen molar-refractivity contribution in [1.29, 1.82) is 0 Å². The third kappa shape index (κ3) is 47.9. The van der Waals surface area contributed by atoms with Crippen molar-refractivity contribution in [3.05, 3.63) is 12.2 Å². The Hall–Kier alpha value is -1.40. The molecule has 0 rings (SSSR count). The predicted molar refractivity (Wildman–Crippen MR) is 264 cm³/mol. The van der Waals surface area contributed by atoms with Gasteiger partial charge in [-0.2, -0.15) is 0 Å². The quantitative estimate of drug-likeness (QED) is 0.0322. The molecule has 2 atom stereocenters. The number of aliphatic hydroxyl groups is 2. The molecular weight excluding hydrogens is 755 g/mol. The lowest BCUT2D eigenvalue weighted by Gasteiger charge is -2.22. The Bertz CT molecular complexity index is 909. The molecule has 0 aliphatic heterocycles. The lowest BCUT2D eigenvalue weighted by Crippen LogP contribution is -2.45. The number of unbranched alkanes of at least 4 members (excludes halogenated alkanes) is 38. The number of carbonyl (C=O) groups excluding carboxylic acids is 2. The Balaban J connectivity index is 3.39. The normalized spacial score (nSPS) is 12.7. The van der Waals surface area contributed by atoms with E-state index in [1.807, 2.05) is 0 Å². The summed E-state index contributed by atoms with van der Waals surface area (Å²) in [5.41, 5.74) is 0. The van der Waals surface area contributed by atoms with Gasteiger partial charge in [-0.1, -0.05) is 251 Å². The summed E-state index contributed by atoms with van der Waals surface area (Å²) < 4.78 is 5.46. The maximum atomic E-state index is 12.4. The van der Waals surface area contributed by atoms with Gasteiger partial charge in [-0.15, -0.1) is 0 Å². The molecule has 0 aliphatic carbocycles. The molecule has 61 heavy (non-hydrogen) atoms. The summed E-state index contributed by atoms with van der Waals surface area (Å²) in [6, 6.07) is -0.543. The zero-order valence-corrected chi connectivity index (χ0v) is 41.2. The van der Waals surface area contributed by atoms with E-state index in [4.69, 9.17) is 4.74 Å². The second-order valence-corrected chi connectivity index (χ2v) is 18.9. The lowest BCUT2D eigenvalue weighted by molar-refractivity contribution is -0.143. The van der Waals surface area contributed by atoms with Gasteiger partial charge in [0.1, 0.15) is 0 Å². The highest BCUT2D eigenvalue weighted by atomic mass is 16.5. The van der Waals surface area contributed by atoms with Crippen LogP contribution in [0, 0.1) is 0 Å². The van der Waals surface area contributed by atoms with E-state index in [9.17, 15) is 19.8 Å². The number of carbonyl (C=O) groups is 2. The number of nitrogens with one attached hydrogen (secondary N) is 1. The monoisotopic (exact) mass is 862 g/mol. The van der Waals surface area contributed by atoms with E-state index in [1.165, 1.54) is 231 Å². The van der Waals surface area contributed by atoms with Crippen LogP contribution in [-0.2, 0) is 14.3 Å². The second-order valence-electron chi connectivity index (χ2n) is 18.9. The van der Waals surface area contributed by atoms with Gasteiger partial charge in [-0.3, -0.25) is 9.59 Å². The van der Waals surface area contributed by atoms with Crippen LogP contribution >= 0.6 is 0 Å². The fourth-order valence-corrected chi connectivity index (χ4v) is 8.58. The number of amides is 1. The van der Waals surface area contributed by atoms with Crippen LogP contribution in [0.4, 0.5) is 0 Å². The van der Waals surface area contributed by atoms with Crippen LogP contribution in [-0.4, -0.2) is 47.4 Å². The summed E-state index contributed by atoms with van der Waals surface area (Å²) in [4.78, 5) is 24.4. The molecule has 6 nitrogen and oxygen atoms in total. The number of aliphatic hydroxyl groups excluding tert-OH is 2. The minimum Gasteiger partial charge on any atom is -0.466 e. The molecule has 0 aromatic rings. The van der Waals surface area contributed by atoms with E-state index in [-0.39, 0.29) is 18.5 Å². The molecule has 1 amide bonds. The van der Waals surface area contributed by atoms with Crippen LogP contribution in [0.3, 0.4) is 0 Å². The van der Waals surface area contributed by atoms with Gasteiger partial charge in [0.05, 0.1) is 25.4 Å². The number of hydrogen-bond acceptors (Lipinski definition) is 5. The van der Waals surface area contributed by atoms with Crippen LogP contribution in [0.15, 0.2) is 12.2 Å². The Morgan fingerprint density at radius 1 is 0.443 bits per heavy atom.